The number of nitrogens with two attached hydrogens (primary N) is 1. The van der Waals surface area contributed by atoms with Crippen LogP contribution in [0.2, 0.25) is 0 Å². The summed E-state index contributed by atoms with van der Waals surface area (Å²) in [4.78, 5) is 50.5. The van der Waals surface area contributed by atoms with Gasteiger partial charge in [-0.2, -0.15) is 0 Å². The molecule has 0 saturated heterocycles. The number of nitrogens with one attached hydrogen (secondary N) is 2. The summed E-state index contributed by atoms with van der Waals surface area (Å²) < 4.78 is 19.9. The van der Waals surface area contributed by atoms with Crippen molar-refractivity contribution in [1.29, 1.82) is 0 Å². The lowest BCUT2D eigenvalue weighted by molar-refractivity contribution is -0.125. The Labute approximate surface area is 225 Å². The minimum atomic E-state index is -1.05. The summed E-state index contributed by atoms with van der Waals surface area (Å²) in [5.41, 5.74) is 5.95. The van der Waals surface area contributed by atoms with Crippen LogP contribution in [0, 0.1) is 5.82 Å². The normalized spacial score (nSPS) is 12.5. The molecule has 3 rings (SSSR count). The lowest BCUT2D eigenvalue weighted by Crippen LogP contribution is -2.43. The molecule has 0 unspecified atom stereocenters. The molecular formula is C29H31FN4O5. The van der Waals surface area contributed by atoms with Gasteiger partial charge in [0.1, 0.15) is 24.2 Å². The fraction of sp³-hybridized carbons (Fsp3) is 0.241. The highest BCUT2D eigenvalue weighted by atomic mass is 19.1. The zero-order valence-corrected chi connectivity index (χ0v) is 21.5. The van der Waals surface area contributed by atoms with E-state index in [2.05, 4.69) is 10.6 Å². The smallest absolute Gasteiger partial charge is 0.412 e. The molecule has 9 nitrogen and oxygen atoms in total. The predicted octanol–water partition coefficient (Wildman–Crippen LogP) is 3.85. The van der Waals surface area contributed by atoms with Crippen LogP contribution >= 0.6 is 0 Å². The van der Waals surface area contributed by atoms with Crippen molar-refractivity contribution in [3.63, 3.8) is 0 Å². The number of carbonyl (C=O) groups excluding carboxylic acids is 3. The minimum absolute atomic E-state index is 0.0148. The first kappa shape index (κ1) is 28.8. The second kappa shape index (κ2) is 14.3. The summed E-state index contributed by atoms with van der Waals surface area (Å²) in [6, 6.07) is 16.0. The molecule has 0 spiro atoms. The van der Waals surface area contributed by atoms with E-state index in [0.717, 1.165) is 5.56 Å². The number of hydrogen-bond acceptors (Lipinski definition) is 5. The number of rotatable bonds is 12. The fourth-order valence-electron chi connectivity index (χ4n) is 3.91. The SMILES string of the molecule is C/C=C/[C@H](CCC(N)=O)NC(=O)[C@H](Cc1ccc(F)cc1)n1cccc(NC(=O)OCc2ccccc2)c1=O. The van der Waals surface area contributed by atoms with E-state index in [-0.39, 0.29) is 31.6 Å². The Morgan fingerprint density at radius 2 is 1.74 bits per heavy atom. The maximum atomic E-state index is 13.5. The Bertz CT molecular complexity index is 1360. The summed E-state index contributed by atoms with van der Waals surface area (Å²) in [5, 5.41) is 5.29. The molecule has 204 valence electrons. The first-order chi connectivity index (χ1) is 18.8. The molecule has 0 bridgehead atoms. The second-order valence-electron chi connectivity index (χ2n) is 8.81. The lowest BCUT2D eigenvalue weighted by atomic mass is 10.0. The van der Waals surface area contributed by atoms with Gasteiger partial charge in [0.25, 0.3) is 5.56 Å². The van der Waals surface area contributed by atoms with Crippen LogP contribution < -0.4 is 21.9 Å². The Hall–Kier alpha value is -4.73. The molecule has 0 aliphatic heterocycles. The molecule has 2 aromatic carbocycles. The molecule has 2 atom stereocenters. The number of benzene rings is 2. The van der Waals surface area contributed by atoms with Crippen LogP contribution in [0.15, 0.2) is 89.9 Å². The number of nitrogens with zero attached hydrogens (tertiary/aromatic N) is 1. The first-order valence-corrected chi connectivity index (χ1v) is 12.4. The van der Waals surface area contributed by atoms with Crippen LogP contribution in [-0.4, -0.2) is 28.5 Å². The standard InChI is InChI=1S/C29H31FN4O5/c1-2-7-23(15-16-26(31)35)32-27(36)25(18-20-11-13-22(30)14-12-20)34-17-6-10-24(28(34)37)33-29(38)39-19-21-8-4-3-5-9-21/h2-14,17,23,25H,15-16,18-19H2,1H3,(H2,31,35)(H,32,36)(H,33,38)/b7-2+/t23-,25+/m1/s1. The van der Waals surface area contributed by atoms with E-state index in [1.165, 1.54) is 47.2 Å². The molecule has 10 heteroatoms. The van der Waals surface area contributed by atoms with Crippen LogP contribution in [0.5, 0.6) is 0 Å². The largest absolute Gasteiger partial charge is 0.444 e. The Morgan fingerprint density at radius 3 is 2.41 bits per heavy atom. The number of anilines is 1. The second-order valence-corrected chi connectivity index (χ2v) is 8.81. The molecule has 0 aliphatic rings. The lowest BCUT2D eigenvalue weighted by Gasteiger charge is -2.23. The summed E-state index contributed by atoms with van der Waals surface area (Å²) in [6.45, 7) is 1.79. The molecule has 3 aromatic rings. The van der Waals surface area contributed by atoms with Crippen molar-refractivity contribution in [1.82, 2.24) is 9.88 Å². The highest BCUT2D eigenvalue weighted by Gasteiger charge is 2.25. The molecule has 1 heterocycles. The van der Waals surface area contributed by atoms with Crippen molar-refractivity contribution in [3.8, 4) is 0 Å². The quantitative estimate of drug-likeness (QED) is 0.304. The zero-order chi connectivity index (χ0) is 28.2. The van der Waals surface area contributed by atoms with Gasteiger partial charge in [0.2, 0.25) is 11.8 Å². The highest BCUT2D eigenvalue weighted by Crippen LogP contribution is 2.17. The highest BCUT2D eigenvalue weighted by molar-refractivity contribution is 5.85. The third-order valence-corrected chi connectivity index (χ3v) is 5.86. The number of amides is 3. The number of pyridine rings is 1. The van der Waals surface area contributed by atoms with Gasteiger partial charge in [-0.05, 0) is 48.7 Å². The molecule has 3 amide bonds. The van der Waals surface area contributed by atoms with E-state index >= 15 is 0 Å². The molecule has 0 aliphatic carbocycles. The molecular weight excluding hydrogens is 503 g/mol. The van der Waals surface area contributed by atoms with E-state index in [9.17, 15) is 23.6 Å². The van der Waals surface area contributed by atoms with Gasteiger partial charge in [-0.25, -0.2) is 9.18 Å². The van der Waals surface area contributed by atoms with Gasteiger partial charge >= 0.3 is 6.09 Å². The van der Waals surface area contributed by atoms with Crippen molar-refractivity contribution in [2.45, 2.75) is 44.9 Å². The maximum Gasteiger partial charge on any atom is 0.412 e. The monoisotopic (exact) mass is 534 g/mol. The number of hydrogen-bond donors (Lipinski definition) is 3. The molecule has 0 radical (unpaired) electrons. The van der Waals surface area contributed by atoms with Crippen LogP contribution in [0.4, 0.5) is 14.9 Å². The number of halogens is 1. The Kier molecular flexibility index (Phi) is 10.6. The van der Waals surface area contributed by atoms with Gasteiger partial charge in [-0.1, -0.05) is 54.6 Å². The Balaban J connectivity index is 1.85. The number of ether oxygens (including phenoxy) is 1. The molecule has 0 saturated carbocycles. The van der Waals surface area contributed by atoms with E-state index in [1.54, 1.807) is 31.2 Å². The van der Waals surface area contributed by atoms with Crippen molar-refractivity contribution in [2.24, 2.45) is 5.73 Å². The van der Waals surface area contributed by atoms with E-state index in [1.807, 2.05) is 18.2 Å². The Morgan fingerprint density at radius 1 is 1.03 bits per heavy atom. The molecule has 4 N–H and O–H groups in total. The third kappa shape index (κ3) is 8.96. The predicted molar refractivity (Wildman–Crippen MR) is 145 cm³/mol. The van der Waals surface area contributed by atoms with Gasteiger partial charge < -0.3 is 20.4 Å². The van der Waals surface area contributed by atoms with Crippen molar-refractivity contribution in [3.05, 3.63) is 112 Å². The van der Waals surface area contributed by atoms with Gasteiger partial charge in [0, 0.05) is 25.1 Å². The molecule has 0 fully saturated rings. The van der Waals surface area contributed by atoms with Crippen molar-refractivity contribution in [2.75, 3.05) is 5.32 Å². The van der Waals surface area contributed by atoms with Gasteiger partial charge in [0.05, 0.1) is 0 Å². The van der Waals surface area contributed by atoms with Crippen molar-refractivity contribution >= 4 is 23.6 Å². The first-order valence-electron chi connectivity index (χ1n) is 12.4. The van der Waals surface area contributed by atoms with E-state index < -0.39 is 41.4 Å². The van der Waals surface area contributed by atoms with E-state index in [4.69, 9.17) is 10.5 Å². The summed E-state index contributed by atoms with van der Waals surface area (Å²) in [7, 11) is 0. The van der Waals surface area contributed by atoms with Crippen LogP contribution in [-0.2, 0) is 27.4 Å². The minimum Gasteiger partial charge on any atom is -0.444 e. The average Bonchev–Trinajstić information content (AvgIpc) is 2.92. The number of aromatic nitrogens is 1. The molecule has 1 aromatic heterocycles. The van der Waals surface area contributed by atoms with Gasteiger partial charge in [-0.3, -0.25) is 19.7 Å². The van der Waals surface area contributed by atoms with Crippen LogP contribution in [0.3, 0.4) is 0 Å². The number of primary amides is 1. The maximum absolute atomic E-state index is 13.5. The van der Waals surface area contributed by atoms with Crippen LogP contribution in [0.25, 0.3) is 0 Å². The summed E-state index contributed by atoms with van der Waals surface area (Å²) in [5.74, 6) is -1.44. The van der Waals surface area contributed by atoms with Gasteiger partial charge in [0.15, 0.2) is 0 Å². The van der Waals surface area contributed by atoms with Gasteiger partial charge in [-0.15, -0.1) is 0 Å². The zero-order valence-electron chi connectivity index (χ0n) is 21.5. The number of allylic oxidation sites excluding steroid dienone is 1. The third-order valence-electron chi connectivity index (χ3n) is 5.86. The topological polar surface area (TPSA) is 133 Å². The number of carbonyl (C=O) groups is 3. The van der Waals surface area contributed by atoms with Crippen molar-refractivity contribution < 1.29 is 23.5 Å². The van der Waals surface area contributed by atoms with E-state index in [0.29, 0.717) is 5.56 Å². The molecule has 39 heavy (non-hydrogen) atoms. The average molecular weight is 535 g/mol. The van der Waals surface area contributed by atoms with Crippen LogP contribution in [0.1, 0.15) is 36.9 Å². The summed E-state index contributed by atoms with van der Waals surface area (Å²) >= 11 is 0. The fourth-order valence-corrected chi connectivity index (χ4v) is 3.91. The summed E-state index contributed by atoms with van der Waals surface area (Å²) in [6.07, 6.45) is 4.46.